The summed E-state index contributed by atoms with van der Waals surface area (Å²) in [4.78, 5) is 37.7. The van der Waals surface area contributed by atoms with E-state index in [1.807, 2.05) is 12.1 Å². The first kappa shape index (κ1) is 16.7. The Bertz CT molecular complexity index is 1010. The molecule has 3 aromatic rings. The minimum absolute atomic E-state index is 0.0204. The van der Waals surface area contributed by atoms with Crippen molar-refractivity contribution in [2.75, 3.05) is 6.54 Å². The topological polar surface area (TPSA) is 117 Å². The zero-order chi connectivity index (χ0) is 18.0. The number of nitrogens with one attached hydrogen (secondary N) is 2. The molecule has 0 aliphatic carbocycles. The number of carboxylic acids is 1. The number of H-pyrrole nitrogens is 1. The maximum Gasteiger partial charge on any atom is 0.342 e. The van der Waals surface area contributed by atoms with E-state index >= 15 is 0 Å². The first-order valence-corrected chi connectivity index (χ1v) is 7.71. The average Bonchev–Trinajstić information content (AvgIpc) is 3.02. The van der Waals surface area contributed by atoms with E-state index < -0.39 is 23.0 Å². The van der Waals surface area contributed by atoms with Crippen molar-refractivity contribution in [3.63, 3.8) is 0 Å². The number of amides is 1. The van der Waals surface area contributed by atoms with Gasteiger partial charge in [-0.1, -0.05) is 23.7 Å². The van der Waals surface area contributed by atoms with Gasteiger partial charge in [0.2, 0.25) is 0 Å². The fourth-order valence-electron chi connectivity index (χ4n) is 2.29. The van der Waals surface area contributed by atoms with Gasteiger partial charge in [-0.25, -0.2) is 4.79 Å². The quantitative estimate of drug-likeness (QED) is 0.635. The van der Waals surface area contributed by atoms with Crippen LogP contribution < -0.4 is 10.9 Å². The third-order valence-corrected chi connectivity index (χ3v) is 3.82. The summed E-state index contributed by atoms with van der Waals surface area (Å²) in [6.45, 7) is 0.378. The van der Waals surface area contributed by atoms with Gasteiger partial charge in [0.1, 0.15) is 11.2 Å². The zero-order valence-electron chi connectivity index (χ0n) is 12.8. The van der Waals surface area contributed by atoms with E-state index in [0.29, 0.717) is 18.0 Å². The van der Waals surface area contributed by atoms with E-state index in [1.165, 1.54) is 6.07 Å². The standard InChI is InChI=1S/C16H13ClN4O4/c17-10-3-1-9(2-4-10)5-6-18-14(22)12-7-13-19-8-11(16(24)25)15(23)21(13)20-12/h1-4,7-8,19H,5-6H2,(H,18,22)(H,24,25). The Kier molecular flexibility index (Phi) is 4.53. The van der Waals surface area contributed by atoms with E-state index in [9.17, 15) is 14.4 Å². The number of hydrogen-bond donors (Lipinski definition) is 3. The highest BCUT2D eigenvalue weighted by Crippen LogP contribution is 2.09. The predicted octanol–water partition coefficient (Wildman–Crippen LogP) is 1.35. The lowest BCUT2D eigenvalue weighted by Crippen LogP contribution is -2.27. The lowest BCUT2D eigenvalue weighted by Gasteiger charge is -2.03. The number of rotatable bonds is 5. The maximum absolute atomic E-state index is 12.1. The van der Waals surface area contributed by atoms with Crippen LogP contribution in [0.3, 0.4) is 0 Å². The van der Waals surface area contributed by atoms with E-state index in [1.54, 1.807) is 12.1 Å². The molecule has 0 saturated heterocycles. The molecule has 0 atom stereocenters. The molecule has 8 nitrogen and oxygen atoms in total. The lowest BCUT2D eigenvalue weighted by molar-refractivity contribution is 0.0694. The van der Waals surface area contributed by atoms with Gasteiger partial charge in [-0.3, -0.25) is 9.59 Å². The number of nitrogens with zero attached hydrogens (tertiary/aromatic N) is 2. The highest BCUT2D eigenvalue weighted by Gasteiger charge is 2.16. The highest BCUT2D eigenvalue weighted by atomic mass is 35.5. The van der Waals surface area contributed by atoms with Crippen LogP contribution >= 0.6 is 11.6 Å². The second-order valence-corrected chi connectivity index (χ2v) is 5.71. The first-order chi connectivity index (χ1) is 12.0. The molecule has 1 aromatic carbocycles. The molecule has 0 spiro atoms. The fraction of sp³-hybridized carbons (Fsp3) is 0.125. The fourth-order valence-corrected chi connectivity index (χ4v) is 2.41. The van der Waals surface area contributed by atoms with Crippen LogP contribution in [0.1, 0.15) is 26.4 Å². The van der Waals surface area contributed by atoms with E-state index in [-0.39, 0.29) is 11.3 Å². The van der Waals surface area contributed by atoms with Gasteiger partial charge in [-0.15, -0.1) is 0 Å². The summed E-state index contributed by atoms with van der Waals surface area (Å²) in [5.74, 6) is -1.82. The lowest BCUT2D eigenvalue weighted by atomic mass is 10.1. The molecule has 2 heterocycles. The van der Waals surface area contributed by atoms with Crippen molar-refractivity contribution in [1.29, 1.82) is 0 Å². The number of carbonyl (C=O) groups is 2. The molecule has 0 aliphatic rings. The van der Waals surface area contributed by atoms with Gasteiger partial charge in [0, 0.05) is 23.8 Å². The van der Waals surface area contributed by atoms with Crippen molar-refractivity contribution in [2.24, 2.45) is 0 Å². The molecule has 128 valence electrons. The molecule has 0 fully saturated rings. The molecule has 1 amide bonds. The molecule has 9 heteroatoms. The third-order valence-electron chi connectivity index (χ3n) is 3.57. The molecule has 0 aliphatic heterocycles. The van der Waals surface area contributed by atoms with Crippen molar-refractivity contribution in [3.8, 4) is 0 Å². The summed E-state index contributed by atoms with van der Waals surface area (Å²) >= 11 is 5.81. The number of hydrogen-bond acceptors (Lipinski definition) is 4. The number of aromatic carboxylic acids is 1. The van der Waals surface area contributed by atoms with Gasteiger partial charge in [0.15, 0.2) is 5.69 Å². The molecule has 0 bridgehead atoms. The van der Waals surface area contributed by atoms with Crippen LogP contribution in [0.4, 0.5) is 0 Å². The second-order valence-electron chi connectivity index (χ2n) is 5.27. The first-order valence-electron chi connectivity index (χ1n) is 7.33. The Morgan fingerprint density at radius 2 is 2.00 bits per heavy atom. The summed E-state index contributed by atoms with van der Waals surface area (Å²) < 4.78 is 0.859. The Balaban J connectivity index is 1.72. The van der Waals surface area contributed by atoms with Gasteiger partial charge >= 0.3 is 5.97 Å². The number of fused-ring (bicyclic) bond motifs is 1. The molecule has 0 unspecified atom stereocenters. The zero-order valence-corrected chi connectivity index (χ0v) is 13.6. The predicted molar refractivity (Wildman–Crippen MR) is 90.3 cm³/mol. The molecule has 2 aromatic heterocycles. The van der Waals surface area contributed by atoms with Crippen LogP contribution in [0.15, 0.2) is 41.3 Å². The minimum atomic E-state index is -1.37. The van der Waals surface area contributed by atoms with Crippen LogP contribution in [0, 0.1) is 0 Å². The monoisotopic (exact) mass is 360 g/mol. The van der Waals surface area contributed by atoms with Gasteiger partial charge in [0.25, 0.3) is 11.5 Å². The largest absolute Gasteiger partial charge is 0.477 e. The Morgan fingerprint density at radius 1 is 1.28 bits per heavy atom. The number of aromatic nitrogens is 3. The molecule has 3 N–H and O–H groups in total. The van der Waals surface area contributed by atoms with Gasteiger partial charge in [-0.2, -0.15) is 9.61 Å². The van der Waals surface area contributed by atoms with Crippen LogP contribution in [0.5, 0.6) is 0 Å². The summed E-state index contributed by atoms with van der Waals surface area (Å²) in [6, 6.07) is 8.65. The van der Waals surface area contributed by atoms with Crippen LogP contribution in [0.2, 0.25) is 5.02 Å². The van der Waals surface area contributed by atoms with Crippen molar-refractivity contribution in [1.82, 2.24) is 19.9 Å². The van der Waals surface area contributed by atoms with Crippen molar-refractivity contribution >= 4 is 29.1 Å². The van der Waals surface area contributed by atoms with Crippen molar-refractivity contribution in [3.05, 3.63) is 68.7 Å². The number of benzene rings is 1. The number of aromatic amines is 1. The van der Waals surface area contributed by atoms with Crippen LogP contribution in [-0.4, -0.2) is 38.1 Å². The molecule has 0 saturated carbocycles. The van der Waals surface area contributed by atoms with Crippen molar-refractivity contribution < 1.29 is 14.7 Å². The molecular formula is C16H13ClN4O4. The summed E-state index contributed by atoms with van der Waals surface area (Å²) in [5.41, 5.74) is 0.0117. The summed E-state index contributed by atoms with van der Waals surface area (Å²) in [7, 11) is 0. The van der Waals surface area contributed by atoms with E-state index in [0.717, 1.165) is 16.3 Å². The minimum Gasteiger partial charge on any atom is -0.477 e. The van der Waals surface area contributed by atoms with E-state index in [2.05, 4.69) is 15.4 Å². The van der Waals surface area contributed by atoms with Crippen molar-refractivity contribution in [2.45, 2.75) is 6.42 Å². The smallest absolute Gasteiger partial charge is 0.342 e. The molecular weight excluding hydrogens is 348 g/mol. The number of carboxylic acid groups (broad SMARTS) is 1. The normalized spacial score (nSPS) is 10.8. The van der Waals surface area contributed by atoms with Gasteiger partial charge in [0.05, 0.1) is 0 Å². The Labute approximate surface area is 146 Å². The molecule has 25 heavy (non-hydrogen) atoms. The van der Waals surface area contributed by atoms with Crippen LogP contribution in [0.25, 0.3) is 5.65 Å². The number of halogens is 1. The Morgan fingerprint density at radius 3 is 2.68 bits per heavy atom. The second kappa shape index (κ2) is 6.78. The molecule has 0 radical (unpaired) electrons. The maximum atomic E-state index is 12.1. The van der Waals surface area contributed by atoms with E-state index in [4.69, 9.17) is 16.7 Å². The molecule has 3 rings (SSSR count). The van der Waals surface area contributed by atoms with Gasteiger partial charge < -0.3 is 15.4 Å². The SMILES string of the molecule is O=C(NCCc1ccc(Cl)cc1)c1cc2[nH]cc(C(=O)O)c(=O)n2n1. The van der Waals surface area contributed by atoms with Crippen LogP contribution in [-0.2, 0) is 6.42 Å². The third kappa shape index (κ3) is 3.53. The summed E-state index contributed by atoms with van der Waals surface area (Å²) in [5, 5.41) is 16.1. The number of carbonyl (C=O) groups excluding carboxylic acids is 1. The average molecular weight is 361 g/mol. The Hall–Kier alpha value is -3.13. The highest BCUT2D eigenvalue weighted by molar-refractivity contribution is 6.30. The van der Waals surface area contributed by atoms with Gasteiger partial charge in [-0.05, 0) is 24.1 Å². The summed E-state index contributed by atoms with van der Waals surface area (Å²) in [6.07, 6.45) is 1.68.